The molecule has 21 heavy (non-hydrogen) atoms. The summed E-state index contributed by atoms with van der Waals surface area (Å²) in [6.07, 6.45) is 1.22. The van der Waals surface area contributed by atoms with Gasteiger partial charge in [0.05, 0.1) is 5.75 Å². The van der Waals surface area contributed by atoms with E-state index in [1.807, 2.05) is 32.0 Å². The Balaban J connectivity index is 2.43. The van der Waals surface area contributed by atoms with Gasteiger partial charge in [0.1, 0.15) is 6.04 Å². The zero-order valence-corrected chi connectivity index (χ0v) is 13.2. The molecule has 0 radical (unpaired) electrons. The van der Waals surface area contributed by atoms with E-state index in [1.54, 1.807) is 0 Å². The summed E-state index contributed by atoms with van der Waals surface area (Å²) in [6, 6.07) is 5.09. The normalized spacial score (nSPS) is 12.0. The van der Waals surface area contributed by atoms with Crippen LogP contribution in [0.2, 0.25) is 0 Å². The van der Waals surface area contributed by atoms with Gasteiger partial charge in [-0.25, -0.2) is 0 Å². The Morgan fingerprint density at radius 3 is 2.76 bits per heavy atom. The molecule has 0 heterocycles. The molecule has 6 heteroatoms. The van der Waals surface area contributed by atoms with Crippen LogP contribution in [-0.4, -0.2) is 34.5 Å². The number of amides is 1. The van der Waals surface area contributed by atoms with E-state index in [9.17, 15) is 9.59 Å². The molecule has 0 aliphatic rings. The second-order valence-corrected chi connectivity index (χ2v) is 5.90. The van der Waals surface area contributed by atoms with Crippen molar-refractivity contribution in [1.82, 2.24) is 0 Å². The fraction of sp³-hybridized carbons (Fsp3) is 0.467. The van der Waals surface area contributed by atoms with Crippen LogP contribution in [0.15, 0.2) is 18.2 Å². The van der Waals surface area contributed by atoms with E-state index in [0.717, 1.165) is 23.2 Å². The number of benzene rings is 1. The molecule has 4 N–H and O–H groups in total. The number of para-hydroxylation sites is 1. The number of hydrogen-bond donors (Lipinski definition) is 3. The highest BCUT2D eigenvalue weighted by molar-refractivity contribution is 7.99. The van der Waals surface area contributed by atoms with Gasteiger partial charge in [0, 0.05) is 5.69 Å². The lowest BCUT2D eigenvalue weighted by molar-refractivity contribution is -0.138. The Hall–Kier alpha value is -1.53. The van der Waals surface area contributed by atoms with Crippen LogP contribution in [0, 0.1) is 6.92 Å². The lowest BCUT2D eigenvalue weighted by atomic mass is 10.1. The third-order valence-electron chi connectivity index (χ3n) is 3.13. The number of aliphatic carboxylic acids is 1. The quantitative estimate of drug-likeness (QED) is 0.639. The lowest BCUT2D eigenvalue weighted by Crippen LogP contribution is -2.30. The van der Waals surface area contributed by atoms with Gasteiger partial charge < -0.3 is 16.2 Å². The first kappa shape index (κ1) is 17.5. The average Bonchev–Trinajstić information content (AvgIpc) is 2.45. The minimum atomic E-state index is -1.01. The molecule has 0 aliphatic heterocycles. The largest absolute Gasteiger partial charge is 0.480 e. The van der Waals surface area contributed by atoms with Crippen LogP contribution in [-0.2, 0) is 16.0 Å². The molecule has 1 rings (SSSR count). The maximum absolute atomic E-state index is 11.9. The molecule has 0 aliphatic carbocycles. The van der Waals surface area contributed by atoms with E-state index in [2.05, 4.69) is 5.32 Å². The topological polar surface area (TPSA) is 92.4 Å². The maximum atomic E-state index is 11.9. The molecule has 0 spiro atoms. The van der Waals surface area contributed by atoms with Gasteiger partial charge in [0.2, 0.25) is 5.91 Å². The summed E-state index contributed by atoms with van der Waals surface area (Å²) in [5, 5.41) is 11.6. The number of hydrogen-bond acceptors (Lipinski definition) is 4. The molecule has 1 aromatic carbocycles. The average molecular weight is 310 g/mol. The maximum Gasteiger partial charge on any atom is 0.320 e. The van der Waals surface area contributed by atoms with Crippen LogP contribution in [0.5, 0.6) is 0 Å². The van der Waals surface area contributed by atoms with E-state index in [1.165, 1.54) is 11.8 Å². The third-order valence-corrected chi connectivity index (χ3v) is 4.12. The number of carboxylic acids is 1. The first-order chi connectivity index (χ1) is 9.95. The summed E-state index contributed by atoms with van der Waals surface area (Å²) in [7, 11) is 0. The molecule has 0 aromatic heterocycles. The monoisotopic (exact) mass is 310 g/mol. The van der Waals surface area contributed by atoms with Crippen LogP contribution in [0.3, 0.4) is 0 Å². The van der Waals surface area contributed by atoms with Gasteiger partial charge in [-0.2, -0.15) is 11.8 Å². The molecule has 0 fully saturated rings. The highest BCUT2D eigenvalue weighted by Crippen LogP contribution is 2.21. The van der Waals surface area contributed by atoms with Crippen molar-refractivity contribution >= 4 is 29.3 Å². The predicted molar refractivity (Wildman–Crippen MR) is 86.7 cm³/mol. The van der Waals surface area contributed by atoms with E-state index < -0.39 is 12.0 Å². The van der Waals surface area contributed by atoms with Crippen LogP contribution >= 0.6 is 11.8 Å². The molecule has 116 valence electrons. The smallest absolute Gasteiger partial charge is 0.320 e. The van der Waals surface area contributed by atoms with Crippen LogP contribution < -0.4 is 11.1 Å². The molecule has 1 atom stereocenters. The highest BCUT2D eigenvalue weighted by atomic mass is 32.2. The highest BCUT2D eigenvalue weighted by Gasteiger charge is 2.12. The molecule has 0 saturated heterocycles. The van der Waals surface area contributed by atoms with Gasteiger partial charge in [0.15, 0.2) is 0 Å². The number of thioether (sulfide) groups is 1. The molecule has 1 unspecified atom stereocenters. The van der Waals surface area contributed by atoms with E-state index in [0.29, 0.717) is 17.9 Å². The van der Waals surface area contributed by atoms with Gasteiger partial charge >= 0.3 is 5.97 Å². The number of carboxylic acid groups (broad SMARTS) is 1. The zero-order chi connectivity index (χ0) is 15.8. The molecule has 0 bridgehead atoms. The van der Waals surface area contributed by atoms with Gasteiger partial charge in [-0.1, -0.05) is 25.1 Å². The number of aryl methyl sites for hydroxylation is 2. The van der Waals surface area contributed by atoms with Crippen molar-refractivity contribution in [2.24, 2.45) is 5.73 Å². The van der Waals surface area contributed by atoms with Crippen LogP contribution in [0.4, 0.5) is 5.69 Å². The van der Waals surface area contributed by atoms with Crippen molar-refractivity contribution in [3.63, 3.8) is 0 Å². The number of nitrogens with two attached hydrogens (primary N) is 1. The second-order valence-electron chi connectivity index (χ2n) is 4.80. The number of anilines is 1. The summed E-state index contributed by atoms with van der Waals surface area (Å²) < 4.78 is 0. The number of carbonyl (C=O) groups is 2. The lowest BCUT2D eigenvalue weighted by Gasteiger charge is -2.13. The molecule has 0 saturated carbocycles. The summed E-state index contributed by atoms with van der Waals surface area (Å²) in [5.74, 6) is -0.237. The van der Waals surface area contributed by atoms with Crippen LogP contribution in [0.1, 0.15) is 24.5 Å². The SMILES string of the molecule is CCc1cccc(C)c1NC(=O)CSCCC(N)C(=O)O. The van der Waals surface area contributed by atoms with Crippen molar-refractivity contribution in [3.8, 4) is 0 Å². The molecular weight excluding hydrogens is 288 g/mol. The summed E-state index contributed by atoms with van der Waals surface area (Å²) in [5.41, 5.74) is 8.44. The fourth-order valence-corrected chi connectivity index (χ4v) is 2.70. The first-order valence-corrected chi connectivity index (χ1v) is 8.05. The van der Waals surface area contributed by atoms with Gasteiger partial charge in [-0.05, 0) is 36.6 Å². The van der Waals surface area contributed by atoms with E-state index >= 15 is 0 Å². The van der Waals surface area contributed by atoms with E-state index in [-0.39, 0.29) is 5.91 Å². The Morgan fingerprint density at radius 2 is 2.14 bits per heavy atom. The fourth-order valence-electron chi connectivity index (χ4n) is 1.88. The van der Waals surface area contributed by atoms with E-state index in [4.69, 9.17) is 10.8 Å². The Morgan fingerprint density at radius 1 is 1.43 bits per heavy atom. The summed E-state index contributed by atoms with van der Waals surface area (Å²) in [4.78, 5) is 22.5. The van der Waals surface area contributed by atoms with Crippen molar-refractivity contribution in [2.45, 2.75) is 32.7 Å². The third kappa shape index (κ3) is 5.77. The Bertz CT molecular complexity index is 506. The Labute approximate surface area is 129 Å². The van der Waals surface area contributed by atoms with Crippen molar-refractivity contribution in [2.75, 3.05) is 16.8 Å². The molecule has 5 nitrogen and oxygen atoms in total. The number of nitrogens with one attached hydrogen (secondary N) is 1. The molecule has 1 aromatic rings. The minimum Gasteiger partial charge on any atom is -0.480 e. The second kappa shape index (κ2) is 8.69. The van der Waals surface area contributed by atoms with Crippen molar-refractivity contribution < 1.29 is 14.7 Å². The molecule has 1 amide bonds. The molecular formula is C15H22N2O3S. The van der Waals surface area contributed by atoms with Gasteiger partial charge in [-0.15, -0.1) is 0 Å². The van der Waals surface area contributed by atoms with Gasteiger partial charge in [0.25, 0.3) is 0 Å². The summed E-state index contributed by atoms with van der Waals surface area (Å²) >= 11 is 1.39. The van der Waals surface area contributed by atoms with Crippen LogP contribution in [0.25, 0.3) is 0 Å². The predicted octanol–water partition coefficient (Wildman–Crippen LogP) is 2.03. The van der Waals surface area contributed by atoms with Crippen molar-refractivity contribution in [1.29, 1.82) is 0 Å². The zero-order valence-electron chi connectivity index (χ0n) is 12.4. The standard InChI is InChI=1S/C15H22N2O3S/c1-3-11-6-4-5-10(2)14(11)17-13(18)9-21-8-7-12(16)15(19)20/h4-6,12H,3,7-9,16H2,1-2H3,(H,17,18)(H,19,20). The van der Waals surface area contributed by atoms with Crippen molar-refractivity contribution in [3.05, 3.63) is 29.3 Å². The number of rotatable bonds is 8. The number of carbonyl (C=O) groups excluding carboxylic acids is 1. The van der Waals surface area contributed by atoms with Gasteiger partial charge in [-0.3, -0.25) is 9.59 Å². The summed E-state index contributed by atoms with van der Waals surface area (Å²) in [6.45, 7) is 4.01. The Kier molecular flexibility index (Phi) is 7.25. The minimum absolute atomic E-state index is 0.0760. The first-order valence-electron chi connectivity index (χ1n) is 6.90.